The van der Waals surface area contributed by atoms with Gasteiger partial charge in [-0.05, 0) is 24.7 Å². The summed E-state index contributed by atoms with van der Waals surface area (Å²) in [7, 11) is 0. The molecule has 1 aliphatic heterocycles. The molecule has 0 radical (unpaired) electrons. The van der Waals surface area contributed by atoms with Gasteiger partial charge in [-0.2, -0.15) is 11.8 Å². The van der Waals surface area contributed by atoms with Crippen molar-refractivity contribution in [2.75, 3.05) is 11.5 Å². The standard InChI is InChI=1S/C14H19NO3S/c15-12(5-6-14(16)17)11-3-1-2-4-13(11)18-10-7-8-19-9-10/h1-4,10,12H,5-9,15H2,(H,16,17). The van der Waals surface area contributed by atoms with Crippen LogP contribution in [-0.2, 0) is 4.79 Å². The van der Waals surface area contributed by atoms with E-state index in [0.717, 1.165) is 29.2 Å². The lowest BCUT2D eigenvalue weighted by Gasteiger charge is -2.19. The average molecular weight is 281 g/mol. The summed E-state index contributed by atoms with van der Waals surface area (Å²) >= 11 is 1.90. The first-order valence-electron chi connectivity index (χ1n) is 6.47. The molecule has 2 unspecified atom stereocenters. The summed E-state index contributed by atoms with van der Waals surface area (Å²) in [5.74, 6) is 2.13. The van der Waals surface area contributed by atoms with E-state index in [1.807, 2.05) is 36.0 Å². The molecule has 1 fully saturated rings. The summed E-state index contributed by atoms with van der Waals surface area (Å²) in [6.07, 6.45) is 1.81. The number of ether oxygens (including phenoxy) is 1. The molecule has 0 saturated carbocycles. The van der Waals surface area contributed by atoms with Crippen molar-refractivity contribution in [3.05, 3.63) is 29.8 Å². The van der Waals surface area contributed by atoms with Gasteiger partial charge in [0.2, 0.25) is 0 Å². The fraction of sp³-hybridized carbons (Fsp3) is 0.500. The Morgan fingerprint density at radius 2 is 2.32 bits per heavy atom. The van der Waals surface area contributed by atoms with Crippen LogP contribution in [0.25, 0.3) is 0 Å². The molecule has 4 nitrogen and oxygen atoms in total. The third-order valence-electron chi connectivity index (χ3n) is 3.17. The summed E-state index contributed by atoms with van der Waals surface area (Å²) < 4.78 is 5.99. The third-order valence-corrected chi connectivity index (χ3v) is 4.30. The van der Waals surface area contributed by atoms with Crippen LogP contribution in [-0.4, -0.2) is 28.7 Å². The molecular formula is C14H19NO3S. The predicted octanol–water partition coefficient (Wildman–Crippen LogP) is 2.44. The second-order valence-corrected chi connectivity index (χ2v) is 5.83. The number of rotatable bonds is 6. The van der Waals surface area contributed by atoms with E-state index in [9.17, 15) is 4.79 Å². The minimum Gasteiger partial charge on any atom is -0.489 e. The molecule has 104 valence electrons. The van der Waals surface area contributed by atoms with Gasteiger partial charge in [0, 0.05) is 23.8 Å². The Bertz CT molecular complexity index is 432. The van der Waals surface area contributed by atoms with Gasteiger partial charge in [-0.25, -0.2) is 0 Å². The normalized spacial score (nSPS) is 20.2. The number of carbonyl (C=O) groups is 1. The van der Waals surface area contributed by atoms with Crippen molar-refractivity contribution in [1.82, 2.24) is 0 Å². The van der Waals surface area contributed by atoms with Crippen LogP contribution in [0.2, 0.25) is 0 Å². The highest BCUT2D eigenvalue weighted by atomic mass is 32.2. The second-order valence-electron chi connectivity index (χ2n) is 4.68. The van der Waals surface area contributed by atoms with E-state index in [4.69, 9.17) is 15.6 Å². The lowest BCUT2D eigenvalue weighted by Crippen LogP contribution is -2.19. The fourth-order valence-electron chi connectivity index (χ4n) is 2.11. The Labute approximate surface area is 117 Å². The molecule has 1 heterocycles. The van der Waals surface area contributed by atoms with Gasteiger partial charge in [-0.3, -0.25) is 4.79 Å². The first kappa shape index (κ1) is 14.2. The molecule has 0 amide bonds. The minimum atomic E-state index is -0.818. The molecule has 0 bridgehead atoms. The molecule has 5 heteroatoms. The Morgan fingerprint density at radius 3 is 3.00 bits per heavy atom. The number of hydrogen-bond donors (Lipinski definition) is 2. The van der Waals surface area contributed by atoms with Crippen LogP contribution in [0.15, 0.2) is 24.3 Å². The number of aliphatic carboxylic acids is 1. The number of nitrogens with two attached hydrogens (primary N) is 1. The van der Waals surface area contributed by atoms with Crippen molar-refractivity contribution in [2.24, 2.45) is 5.73 Å². The lowest BCUT2D eigenvalue weighted by atomic mass is 10.0. The predicted molar refractivity (Wildman–Crippen MR) is 76.6 cm³/mol. The third kappa shape index (κ3) is 4.14. The molecule has 1 aromatic rings. The molecule has 0 spiro atoms. The zero-order chi connectivity index (χ0) is 13.7. The topological polar surface area (TPSA) is 72.6 Å². The monoisotopic (exact) mass is 281 g/mol. The van der Waals surface area contributed by atoms with E-state index in [1.54, 1.807) is 0 Å². The van der Waals surface area contributed by atoms with Crippen molar-refractivity contribution in [3.8, 4) is 5.75 Å². The summed E-state index contributed by atoms with van der Waals surface area (Å²) in [5.41, 5.74) is 6.97. The molecule has 2 rings (SSSR count). The Balaban J connectivity index is 2.04. The van der Waals surface area contributed by atoms with Crippen molar-refractivity contribution in [1.29, 1.82) is 0 Å². The second kappa shape index (κ2) is 6.82. The first-order valence-corrected chi connectivity index (χ1v) is 7.63. The molecule has 19 heavy (non-hydrogen) atoms. The van der Waals surface area contributed by atoms with Gasteiger partial charge in [0.05, 0.1) is 0 Å². The summed E-state index contributed by atoms with van der Waals surface area (Å²) in [5, 5.41) is 8.72. The molecule has 1 aromatic carbocycles. The molecule has 1 saturated heterocycles. The largest absolute Gasteiger partial charge is 0.489 e. The molecule has 0 aliphatic carbocycles. The van der Waals surface area contributed by atoms with E-state index in [-0.39, 0.29) is 18.6 Å². The van der Waals surface area contributed by atoms with E-state index >= 15 is 0 Å². The Morgan fingerprint density at radius 1 is 1.53 bits per heavy atom. The highest BCUT2D eigenvalue weighted by Gasteiger charge is 2.20. The lowest BCUT2D eigenvalue weighted by molar-refractivity contribution is -0.137. The van der Waals surface area contributed by atoms with E-state index in [2.05, 4.69) is 0 Å². The number of carboxylic acid groups (broad SMARTS) is 1. The van der Waals surface area contributed by atoms with Crippen molar-refractivity contribution >= 4 is 17.7 Å². The van der Waals surface area contributed by atoms with Gasteiger partial charge in [0.1, 0.15) is 11.9 Å². The zero-order valence-electron chi connectivity index (χ0n) is 10.7. The van der Waals surface area contributed by atoms with Crippen LogP contribution >= 0.6 is 11.8 Å². The number of carboxylic acids is 1. The smallest absolute Gasteiger partial charge is 0.303 e. The molecule has 2 atom stereocenters. The summed E-state index contributed by atoms with van der Waals surface area (Å²) in [4.78, 5) is 10.6. The van der Waals surface area contributed by atoms with Crippen LogP contribution in [0.4, 0.5) is 0 Å². The van der Waals surface area contributed by atoms with E-state index in [0.29, 0.717) is 6.42 Å². The van der Waals surface area contributed by atoms with Crippen LogP contribution < -0.4 is 10.5 Å². The number of para-hydroxylation sites is 1. The Kier molecular flexibility index (Phi) is 5.10. The maximum atomic E-state index is 10.6. The quantitative estimate of drug-likeness (QED) is 0.838. The average Bonchev–Trinajstić information content (AvgIpc) is 2.89. The van der Waals surface area contributed by atoms with Gasteiger partial charge in [-0.15, -0.1) is 0 Å². The van der Waals surface area contributed by atoms with Gasteiger partial charge in [0.15, 0.2) is 0 Å². The Hall–Kier alpha value is -1.20. The maximum Gasteiger partial charge on any atom is 0.303 e. The maximum absolute atomic E-state index is 10.6. The SMILES string of the molecule is NC(CCC(=O)O)c1ccccc1OC1CCSC1. The van der Waals surface area contributed by atoms with Crippen LogP contribution in [0.3, 0.4) is 0 Å². The van der Waals surface area contributed by atoms with Crippen molar-refractivity contribution in [3.63, 3.8) is 0 Å². The van der Waals surface area contributed by atoms with Gasteiger partial charge in [-0.1, -0.05) is 18.2 Å². The van der Waals surface area contributed by atoms with Gasteiger partial charge < -0.3 is 15.6 Å². The van der Waals surface area contributed by atoms with Crippen LogP contribution in [0.5, 0.6) is 5.75 Å². The molecule has 3 N–H and O–H groups in total. The van der Waals surface area contributed by atoms with Gasteiger partial charge >= 0.3 is 5.97 Å². The number of thioether (sulfide) groups is 1. The molecular weight excluding hydrogens is 262 g/mol. The van der Waals surface area contributed by atoms with Crippen molar-refractivity contribution in [2.45, 2.75) is 31.4 Å². The fourth-order valence-corrected chi connectivity index (χ4v) is 3.21. The summed E-state index contributed by atoms with van der Waals surface area (Å²) in [6.45, 7) is 0. The molecule has 0 aromatic heterocycles. The first-order chi connectivity index (χ1) is 9.16. The minimum absolute atomic E-state index is 0.0782. The van der Waals surface area contributed by atoms with Gasteiger partial charge in [0.25, 0.3) is 0 Å². The number of benzene rings is 1. The van der Waals surface area contributed by atoms with E-state index < -0.39 is 5.97 Å². The van der Waals surface area contributed by atoms with Crippen molar-refractivity contribution < 1.29 is 14.6 Å². The summed E-state index contributed by atoms with van der Waals surface area (Å²) in [6, 6.07) is 7.38. The number of hydrogen-bond acceptors (Lipinski definition) is 4. The zero-order valence-corrected chi connectivity index (χ0v) is 11.6. The van der Waals surface area contributed by atoms with E-state index in [1.165, 1.54) is 0 Å². The highest BCUT2D eigenvalue weighted by Crippen LogP contribution is 2.30. The van der Waals surface area contributed by atoms with Crippen LogP contribution in [0.1, 0.15) is 30.9 Å². The van der Waals surface area contributed by atoms with Crippen LogP contribution in [0, 0.1) is 0 Å². The highest BCUT2D eigenvalue weighted by molar-refractivity contribution is 7.99. The molecule has 1 aliphatic rings.